The second-order valence-corrected chi connectivity index (χ2v) is 11.8. The minimum absolute atomic E-state index is 0.317. The molecule has 4 nitrogen and oxygen atoms in total. The Labute approximate surface area is 127 Å². The third-order valence-corrected chi connectivity index (χ3v) is 4.70. The van der Waals surface area contributed by atoms with Gasteiger partial charge in [0, 0.05) is 14.7 Å². The van der Waals surface area contributed by atoms with Crippen LogP contribution in [0.5, 0.6) is 0 Å². The van der Waals surface area contributed by atoms with Gasteiger partial charge in [-0.1, -0.05) is 25.7 Å². The van der Waals surface area contributed by atoms with E-state index in [1.165, 1.54) is 0 Å². The van der Waals surface area contributed by atoms with Crippen molar-refractivity contribution in [1.29, 1.82) is 0 Å². The Balaban J connectivity index is 1.73. The molecule has 0 aromatic carbocycles. The Morgan fingerprint density at radius 3 is 2.67 bits per heavy atom. The highest BCUT2D eigenvalue weighted by atomic mass is 28.3. The average molecular weight is 305 g/mol. The van der Waals surface area contributed by atoms with E-state index < -0.39 is 8.07 Å². The van der Waals surface area contributed by atoms with Gasteiger partial charge >= 0.3 is 0 Å². The van der Waals surface area contributed by atoms with E-state index in [1.807, 2.05) is 30.3 Å². The zero-order chi connectivity index (χ0) is 15.1. The molecule has 0 spiro atoms. The van der Waals surface area contributed by atoms with Gasteiger partial charge in [-0.05, 0) is 30.3 Å². The SMILES string of the molecule is C[Si](C)(C)CCOCOCc1cccc(-c2ccco2)n1. The van der Waals surface area contributed by atoms with Crippen LogP contribution in [0.15, 0.2) is 41.0 Å². The molecule has 114 valence electrons. The van der Waals surface area contributed by atoms with E-state index >= 15 is 0 Å². The summed E-state index contributed by atoms with van der Waals surface area (Å²) in [7, 11) is -1.02. The molecule has 21 heavy (non-hydrogen) atoms. The molecule has 0 atom stereocenters. The van der Waals surface area contributed by atoms with Gasteiger partial charge in [0.05, 0.1) is 18.6 Å². The second-order valence-electron chi connectivity index (χ2n) is 6.18. The van der Waals surface area contributed by atoms with E-state index in [1.54, 1.807) is 6.26 Å². The zero-order valence-electron chi connectivity index (χ0n) is 13.0. The van der Waals surface area contributed by atoms with Crippen LogP contribution in [0.2, 0.25) is 25.7 Å². The molecule has 0 N–H and O–H groups in total. The lowest BCUT2D eigenvalue weighted by Gasteiger charge is -2.15. The maximum atomic E-state index is 5.51. The second kappa shape index (κ2) is 7.54. The predicted octanol–water partition coefficient (Wildman–Crippen LogP) is 4.17. The summed E-state index contributed by atoms with van der Waals surface area (Å²) in [5, 5.41) is 0. The fraction of sp³-hybridized carbons (Fsp3) is 0.438. The minimum Gasteiger partial charge on any atom is -0.463 e. The third kappa shape index (κ3) is 5.83. The Bertz CT molecular complexity index is 535. The third-order valence-electron chi connectivity index (χ3n) is 2.99. The number of furan rings is 1. The monoisotopic (exact) mass is 305 g/mol. The van der Waals surface area contributed by atoms with Crippen molar-refractivity contribution >= 4 is 8.07 Å². The number of hydrogen-bond donors (Lipinski definition) is 0. The van der Waals surface area contributed by atoms with Crippen molar-refractivity contribution in [2.75, 3.05) is 13.4 Å². The summed E-state index contributed by atoms with van der Waals surface area (Å²) in [4.78, 5) is 4.50. The van der Waals surface area contributed by atoms with Gasteiger partial charge < -0.3 is 13.9 Å². The number of rotatable bonds is 8. The molecule has 2 heterocycles. The summed E-state index contributed by atoms with van der Waals surface area (Å²) in [6, 6.07) is 10.7. The molecule has 0 unspecified atom stereocenters. The number of nitrogens with zero attached hydrogens (tertiary/aromatic N) is 1. The molecule has 0 amide bonds. The molecule has 2 aromatic heterocycles. The predicted molar refractivity (Wildman–Crippen MR) is 85.7 cm³/mol. The molecule has 0 aliphatic carbocycles. The number of aromatic nitrogens is 1. The zero-order valence-corrected chi connectivity index (χ0v) is 14.0. The molecular formula is C16H23NO3Si. The number of hydrogen-bond acceptors (Lipinski definition) is 4. The van der Waals surface area contributed by atoms with Crippen molar-refractivity contribution in [3.8, 4) is 11.5 Å². The fourth-order valence-electron chi connectivity index (χ4n) is 1.76. The fourth-order valence-corrected chi connectivity index (χ4v) is 2.52. The number of pyridine rings is 1. The van der Waals surface area contributed by atoms with E-state index in [-0.39, 0.29) is 0 Å². The summed E-state index contributed by atoms with van der Waals surface area (Å²) < 4.78 is 16.3. The summed E-state index contributed by atoms with van der Waals surface area (Å²) in [5.74, 6) is 0.767. The van der Waals surface area contributed by atoms with Crippen LogP contribution < -0.4 is 0 Å². The quantitative estimate of drug-likeness (QED) is 0.417. The Morgan fingerprint density at radius 2 is 1.95 bits per heavy atom. The van der Waals surface area contributed by atoms with Gasteiger partial charge in [-0.3, -0.25) is 0 Å². The van der Waals surface area contributed by atoms with E-state index in [2.05, 4.69) is 24.6 Å². The molecule has 5 heteroatoms. The molecule has 2 rings (SSSR count). The molecule has 0 aliphatic heterocycles. The van der Waals surface area contributed by atoms with Gasteiger partial charge in [0.1, 0.15) is 12.5 Å². The van der Waals surface area contributed by atoms with Crippen LogP contribution in [-0.2, 0) is 16.1 Å². The smallest absolute Gasteiger partial charge is 0.152 e. The highest BCUT2D eigenvalue weighted by Gasteiger charge is 2.11. The average Bonchev–Trinajstić information content (AvgIpc) is 2.96. The molecule has 2 aromatic rings. The van der Waals surface area contributed by atoms with Crippen LogP contribution >= 0.6 is 0 Å². The molecule has 0 saturated heterocycles. The van der Waals surface area contributed by atoms with Gasteiger partial charge in [-0.25, -0.2) is 4.98 Å². The van der Waals surface area contributed by atoms with E-state index in [4.69, 9.17) is 13.9 Å². The summed E-state index contributed by atoms with van der Waals surface area (Å²) in [5.41, 5.74) is 1.69. The van der Waals surface area contributed by atoms with Gasteiger partial charge in [0.15, 0.2) is 5.76 Å². The van der Waals surface area contributed by atoms with E-state index in [9.17, 15) is 0 Å². The minimum atomic E-state index is -1.02. The first-order valence-corrected chi connectivity index (χ1v) is 10.9. The molecule has 0 saturated carbocycles. The lowest BCUT2D eigenvalue weighted by atomic mass is 10.2. The highest BCUT2D eigenvalue weighted by Crippen LogP contribution is 2.17. The first-order chi connectivity index (χ1) is 10.0. The summed E-state index contributed by atoms with van der Waals surface area (Å²) >= 11 is 0. The van der Waals surface area contributed by atoms with Crippen molar-refractivity contribution in [2.45, 2.75) is 32.3 Å². The van der Waals surface area contributed by atoms with Crippen LogP contribution in [0, 0.1) is 0 Å². The van der Waals surface area contributed by atoms with Crippen LogP contribution in [0.25, 0.3) is 11.5 Å². The van der Waals surface area contributed by atoms with Crippen molar-refractivity contribution < 1.29 is 13.9 Å². The maximum Gasteiger partial charge on any atom is 0.152 e. The molecule has 0 bridgehead atoms. The van der Waals surface area contributed by atoms with Gasteiger partial charge in [-0.15, -0.1) is 0 Å². The van der Waals surface area contributed by atoms with Crippen molar-refractivity contribution in [3.05, 3.63) is 42.3 Å². The molecule has 0 radical (unpaired) electrons. The van der Waals surface area contributed by atoms with Crippen LogP contribution in [0.4, 0.5) is 0 Å². The van der Waals surface area contributed by atoms with Crippen LogP contribution in [-0.4, -0.2) is 26.5 Å². The first-order valence-electron chi connectivity index (χ1n) is 7.20. The number of ether oxygens (including phenoxy) is 2. The first kappa shape index (κ1) is 15.9. The van der Waals surface area contributed by atoms with Gasteiger partial charge in [-0.2, -0.15) is 0 Å². The summed E-state index contributed by atoms with van der Waals surface area (Å²) in [6.45, 7) is 8.54. The van der Waals surface area contributed by atoms with Gasteiger partial charge in [0.2, 0.25) is 0 Å². The lowest BCUT2D eigenvalue weighted by Crippen LogP contribution is -2.22. The topological polar surface area (TPSA) is 44.5 Å². The Morgan fingerprint density at radius 1 is 1.10 bits per heavy atom. The molecular weight excluding hydrogens is 282 g/mol. The van der Waals surface area contributed by atoms with Gasteiger partial charge in [0.25, 0.3) is 0 Å². The Kier molecular flexibility index (Phi) is 5.73. The molecule has 0 aliphatic rings. The lowest BCUT2D eigenvalue weighted by molar-refractivity contribution is -0.0582. The normalized spacial score (nSPS) is 11.8. The largest absolute Gasteiger partial charge is 0.463 e. The van der Waals surface area contributed by atoms with Crippen LogP contribution in [0.1, 0.15) is 5.69 Å². The van der Waals surface area contributed by atoms with Crippen LogP contribution in [0.3, 0.4) is 0 Å². The summed E-state index contributed by atoms with van der Waals surface area (Å²) in [6.07, 6.45) is 1.65. The molecule has 0 fully saturated rings. The standard InChI is InChI=1S/C16H23NO3Si/c1-21(2,3)11-10-18-13-19-12-14-6-4-7-15(17-14)16-8-5-9-20-16/h4-9H,10-13H2,1-3H3. The highest BCUT2D eigenvalue weighted by molar-refractivity contribution is 6.76. The van der Waals surface area contributed by atoms with E-state index in [0.717, 1.165) is 29.8 Å². The van der Waals surface area contributed by atoms with Crippen molar-refractivity contribution in [3.63, 3.8) is 0 Å². The van der Waals surface area contributed by atoms with Crippen molar-refractivity contribution in [1.82, 2.24) is 4.98 Å². The van der Waals surface area contributed by atoms with Crippen molar-refractivity contribution in [2.24, 2.45) is 0 Å². The van der Waals surface area contributed by atoms with E-state index in [0.29, 0.717) is 13.4 Å². The Hall–Kier alpha value is -1.43. The maximum absolute atomic E-state index is 5.51.